The van der Waals surface area contributed by atoms with Crippen LogP contribution in [0.3, 0.4) is 0 Å². The van der Waals surface area contributed by atoms with Gasteiger partial charge in [0.05, 0.1) is 16.7 Å². The maximum absolute atomic E-state index is 2.52. The van der Waals surface area contributed by atoms with Crippen LogP contribution < -0.4 is 9.80 Å². The minimum Gasteiger partial charge on any atom is -0.310 e. The molecule has 0 amide bonds. The summed E-state index contributed by atoms with van der Waals surface area (Å²) in [5, 5.41) is 9.94. The highest BCUT2D eigenvalue weighted by Crippen LogP contribution is 2.52. The molecule has 0 radical (unpaired) electrons. The van der Waals surface area contributed by atoms with Crippen LogP contribution in [0.1, 0.15) is 44.9 Å². The molecule has 0 fully saturated rings. The van der Waals surface area contributed by atoms with Gasteiger partial charge in [0.15, 0.2) is 0 Å². The van der Waals surface area contributed by atoms with E-state index in [9.17, 15) is 0 Å². The summed E-state index contributed by atoms with van der Waals surface area (Å²) in [4.78, 5) is 4.99. The van der Waals surface area contributed by atoms with Crippen LogP contribution in [0.5, 0.6) is 0 Å². The second kappa shape index (κ2) is 16.3. The molecule has 3 heteroatoms. The Balaban J connectivity index is 0.965. The lowest BCUT2D eigenvalue weighted by Crippen LogP contribution is -2.13. The standard InChI is InChI=1S/C69H51N3/c1-43-23-34-62(45(3)37-43)70(53-30-33-58-57-20-13-14-22-64(57)71(66(58)42-53)51-17-9-6-10-18-51)54-39-49-26-25-48-28-36-65(60-31-27-50(40-54)67(49)69(48)60)72(63-35-24-44(2)38-46(63)4)52-29-32-56-55-19-11-12-21-59(55)68(61(56)41-52)47-15-7-5-8-16-47/h5-42,68H,1-4H3. The van der Waals surface area contributed by atoms with Gasteiger partial charge in [-0.3, -0.25) is 0 Å². The van der Waals surface area contributed by atoms with Gasteiger partial charge in [0.1, 0.15) is 0 Å². The van der Waals surface area contributed by atoms with Gasteiger partial charge >= 0.3 is 0 Å². The molecule has 0 saturated heterocycles. The summed E-state index contributed by atoms with van der Waals surface area (Å²) in [5.41, 5.74) is 22.0. The van der Waals surface area contributed by atoms with Gasteiger partial charge in [-0.15, -0.1) is 0 Å². The van der Waals surface area contributed by atoms with Crippen LogP contribution in [0.4, 0.5) is 34.1 Å². The molecule has 1 unspecified atom stereocenters. The quantitative estimate of drug-likeness (QED) is 0.141. The number of aryl methyl sites for hydroxylation is 4. The molecule has 1 atom stereocenters. The molecule has 0 aliphatic heterocycles. The molecule has 14 rings (SSSR count). The summed E-state index contributed by atoms with van der Waals surface area (Å²) >= 11 is 0. The van der Waals surface area contributed by atoms with Crippen LogP contribution >= 0.6 is 0 Å². The van der Waals surface area contributed by atoms with Crippen LogP contribution in [0.25, 0.3) is 70.9 Å². The van der Waals surface area contributed by atoms with Gasteiger partial charge < -0.3 is 14.4 Å². The normalized spacial score (nSPS) is 13.1. The summed E-state index contributed by atoms with van der Waals surface area (Å²) in [6, 6.07) is 86.3. The third kappa shape index (κ3) is 6.51. The summed E-state index contributed by atoms with van der Waals surface area (Å²) in [7, 11) is 0. The van der Waals surface area contributed by atoms with Crippen molar-refractivity contribution in [2.24, 2.45) is 0 Å². The molecule has 1 heterocycles. The van der Waals surface area contributed by atoms with Crippen molar-refractivity contribution < 1.29 is 0 Å². The predicted molar refractivity (Wildman–Crippen MR) is 306 cm³/mol. The molecule has 13 aromatic rings. The monoisotopic (exact) mass is 921 g/mol. The first-order chi connectivity index (χ1) is 35.4. The van der Waals surface area contributed by atoms with E-state index in [0.717, 1.165) is 28.4 Å². The van der Waals surface area contributed by atoms with Crippen molar-refractivity contribution in [3.05, 3.63) is 269 Å². The van der Waals surface area contributed by atoms with Gasteiger partial charge in [0.25, 0.3) is 0 Å². The van der Waals surface area contributed by atoms with Crippen molar-refractivity contribution >= 4 is 88.2 Å². The molecule has 72 heavy (non-hydrogen) atoms. The number of nitrogens with zero attached hydrogens (tertiary/aromatic N) is 3. The molecule has 12 aromatic carbocycles. The average Bonchev–Trinajstić information content (AvgIpc) is 3.92. The summed E-state index contributed by atoms with van der Waals surface area (Å²) in [6.45, 7) is 8.86. The van der Waals surface area contributed by atoms with E-state index in [1.807, 2.05) is 0 Å². The van der Waals surface area contributed by atoms with Crippen LogP contribution in [0, 0.1) is 27.7 Å². The van der Waals surface area contributed by atoms with Crippen LogP contribution in [-0.4, -0.2) is 4.57 Å². The number of fused-ring (bicyclic) bond motifs is 6. The zero-order chi connectivity index (χ0) is 48.2. The first-order valence-corrected chi connectivity index (χ1v) is 25.2. The second-order valence-corrected chi connectivity index (χ2v) is 20.0. The third-order valence-electron chi connectivity index (χ3n) is 15.5. The molecule has 0 N–H and O–H groups in total. The van der Waals surface area contributed by atoms with E-state index in [1.165, 1.54) is 116 Å². The number of benzene rings is 12. The lowest BCUT2D eigenvalue weighted by Gasteiger charge is -2.30. The first kappa shape index (κ1) is 42.0. The van der Waals surface area contributed by atoms with Crippen LogP contribution in [-0.2, 0) is 0 Å². The van der Waals surface area contributed by atoms with E-state index in [1.54, 1.807) is 0 Å². The molecule has 1 aromatic heterocycles. The van der Waals surface area contributed by atoms with Crippen molar-refractivity contribution in [2.75, 3.05) is 9.80 Å². The van der Waals surface area contributed by atoms with Gasteiger partial charge in [-0.05, 0) is 166 Å². The summed E-state index contributed by atoms with van der Waals surface area (Å²) < 4.78 is 2.41. The van der Waals surface area contributed by atoms with E-state index in [-0.39, 0.29) is 5.92 Å². The van der Waals surface area contributed by atoms with E-state index in [0.29, 0.717) is 0 Å². The maximum Gasteiger partial charge on any atom is 0.0561 e. The van der Waals surface area contributed by atoms with E-state index < -0.39 is 0 Å². The number of aromatic nitrogens is 1. The Kier molecular flexibility index (Phi) is 9.53. The largest absolute Gasteiger partial charge is 0.310 e. The molecule has 1 aliphatic carbocycles. The Morgan fingerprint density at radius 2 is 0.917 bits per heavy atom. The highest BCUT2D eigenvalue weighted by Gasteiger charge is 2.31. The number of hydrogen-bond acceptors (Lipinski definition) is 2. The average molecular weight is 922 g/mol. The van der Waals surface area contributed by atoms with Gasteiger partial charge in [0, 0.05) is 56.2 Å². The Labute approximate surface area is 420 Å². The number of anilines is 6. The van der Waals surface area contributed by atoms with E-state index >= 15 is 0 Å². The van der Waals surface area contributed by atoms with E-state index in [2.05, 4.69) is 273 Å². The van der Waals surface area contributed by atoms with E-state index in [4.69, 9.17) is 0 Å². The topological polar surface area (TPSA) is 11.4 Å². The fraction of sp³-hybridized carbons (Fsp3) is 0.0725. The molecule has 3 nitrogen and oxygen atoms in total. The van der Waals surface area contributed by atoms with Crippen molar-refractivity contribution in [3.8, 4) is 16.8 Å². The van der Waals surface area contributed by atoms with Crippen LogP contribution in [0.2, 0.25) is 0 Å². The third-order valence-corrected chi connectivity index (χ3v) is 15.5. The molecule has 342 valence electrons. The molecule has 0 saturated carbocycles. The molecular weight excluding hydrogens is 871 g/mol. The fourth-order valence-corrected chi connectivity index (χ4v) is 12.4. The lowest BCUT2D eigenvalue weighted by molar-refractivity contribution is 1.01. The van der Waals surface area contributed by atoms with Crippen molar-refractivity contribution in [1.29, 1.82) is 0 Å². The lowest BCUT2D eigenvalue weighted by atomic mass is 9.89. The number of para-hydroxylation sites is 2. The maximum atomic E-state index is 2.52. The Hall–Kier alpha value is -8.92. The zero-order valence-corrected chi connectivity index (χ0v) is 40.9. The highest BCUT2D eigenvalue weighted by molar-refractivity contribution is 6.26. The number of rotatable bonds is 8. The van der Waals surface area contributed by atoms with Gasteiger partial charge in [-0.2, -0.15) is 0 Å². The Bertz CT molecular complexity index is 4260. The molecule has 0 spiro atoms. The second-order valence-electron chi connectivity index (χ2n) is 20.0. The Morgan fingerprint density at radius 3 is 1.68 bits per heavy atom. The van der Waals surface area contributed by atoms with Crippen LogP contribution in [0.15, 0.2) is 231 Å². The van der Waals surface area contributed by atoms with Gasteiger partial charge in [-0.1, -0.05) is 169 Å². The predicted octanol–water partition coefficient (Wildman–Crippen LogP) is 19.0. The smallest absolute Gasteiger partial charge is 0.0561 e. The van der Waals surface area contributed by atoms with Crippen molar-refractivity contribution in [3.63, 3.8) is 0 Å². The molecule has 0 bridgehead atoms. The highest BCUT2D eigenvalue weighted by atomic mass is 15.2. The van der Waals surface area contributed by atoms with Gasteiger partial charge in [-0.25, -0.2) is 0 Å². The SMILES string of the molecule is Cc1ccc(N(c2cc3ccc4ccc(N(c5ccc6c(c5)C(c5ccccc5)c5ccccc5-6)c5ccc(C)cc5C)c5ccc(c2)c3c45)c2ccc3c4ccccc4n(-c4ccccc4)c3c2)c(C)c1. The van der Waals surface area contributed by atoms with Crippen molar-refractivity contribution in [2.45, 2.75) is 33.6 Å². The minimum atomic E-state index is 0.146. The zero-order valence-electron chi connectivity index (χ0n) is 40.9. The van der Waals surface area contributed by atoms with Crippen molar-refractivity contribution in [1.82, 2.24) is 4.57 Å². The van der Waals surface area contributed by atoms with Gasteiger partial charge in [0.2, 0.25) is 0 Å². The molecular formula is C69H51N3. The first-order valence-electron chi connectivity index (χ1n) is 25.2. The fourth-order valence-electron chi connectivity index (χ4n) is 12.4. The Morgan fingerprint density at radius 1 is 0.347 bits per heavy atom. The minimum absolute atomic E-state index is 0.146. The molecule has 1 aliphatic rings. The number of hydrogen-bond donors (Lipinski definition) is 0. The summed E-state index contributed by atoms with van der Waals surface area (Å²) in [6.07, 6.45) is 0. The summed E-state index contributed by atoms with van der Waals surface area (Å²) in [5.74, 6) is 0.146.